The van der Waals surface area contributed by atoms with Crippen molar-refractivity contribution in [1.82, 2.24) is 5.32 Å². The summed E-state index contributed by atoms with van der Waals surface area (Å²) in [7, 11) is 0. The van der Waals surface area contributed by atoms with Gasteiger partial charge in [-0.25, -0.2) is 4.39 Å². The number of hydrogen-bond acceptors (Lipinski definition) is 1. The lowest BCUT2D eigenvalue weighted by molar-refractivity contribution is 0.225. The third-order valence-electron chi connectivity index (χ3n) is 3.01. The van der Waals surface area contributed by atoms with Gasteiger partial charge < -0.3 is 5.32 Å². The third-order valence-corrected chi connectivity index (χ3v) is 3.50. The van der Waals surface area contributed by atoms with Gasteiger partial charge in [-0.05, 0) is 44.7 Å². The second kappa shape index (κ2) is 5.92. The van der Waals surface area contributed by atoms with E-state index in [0.29, 0.717) is 5.56 Å². The van der Waals surface area contributed by atoms with Gasteiger partial charge in [-0.15, -0.1) is 0 Å². The summed E-state index contributed by atoms with van der Waals surface area (Å²) in [6, 6.07) is 5.23. The Morgan fingerprint density at radius 3 is 2.26 bits per heavy atom. The lowest BCUT2D eigenvalue weighted by Gasteiger charge is -2.36. The summed E-state index contributed by atoms with van der Waals surface area (Å²) in [5, 5.41) is 3.53. The molecule has 0 bridgehead atoms. The molecule has 1 atom stereocenters. The van der Waals surface area contributed by atoms with Crippen LogP contribution in [0.1, 0.15) is 59.6 Å². The summed E-state index contributed by atoms with van der Waals surface area (Å²) < 4.78 is 14.7. The van der Waals surface area contributed by atoms with Crippen molar-refractivity contribution in [2.45, 2.75) is 59.5 Å². The van der Waals surface area contributed by atoms with Crippen LogP contribution in [0.2, 0.25) is 0 Å². The van der Waals surface area contributed by atoms with Gasteiger partial charge >= 0.3 is 0 Å². The molecule has 0 heterocycles. The lowest BCUT2D eigenvalue weighted by atomic mass is 9.81. The van der Waals surface area contributed by atoms with E-state index < -0.39 is 0 Å². The smallest absolute Gasteiger partial charge is 0.129 e. The molecular formula is C16H25BrFN. The van der Waals surface area contributed by atoms with Crippen molar-refractivity contribution in [3.63, 3.8) is 0 Å². The first-order valence-corrected chi connectivity index (χ1v) is 7.52. The van der Waals surface area contributed by atoms with E-state index in [1.54, 1.807) is 0 Å². The Labute approximate surface area is 125 Å². The van der Waals surface area contributed by atoms with Gasteiger partial charge in [-0.3, -0.25) is 0 Å². The van der Waals surface area contributed by atoms with Gasteiger partial charge in [-0.1, -0.05) is 42.8 Å². The summed E-state index contributed by atoms with van der Waals surface area (Å²) in [6.45, 7) is 13.0. The van der Waals surface area contributed by atoms with Gasteiger partial charge in [0.05, 0.1) is 0 Å². The molecule has 1 unspecified atom stereocenters. The van der Waals surface area contributed by atoms with E-state index in [-0.39, 0.29) is 22.8 Å². The molecule has 1 rings (SSSR count). The van der Waals surface area contributed by atoms with Crippen molar-refractivity contribution in [1.29, 1.82) is 0 Å². The first-order valence-electron chi connectivity index (χ1n) is 6.73. The molecule has 0 aliphatic carbocycles. The van der Waals surface area contributed by atoms with Crippen LogP contribution in [0, 0.1) is 11.2 Å². The summed E-state index contributed by atoms with van der Waals surface area (Å²) in [6.07, 6.45) is 1.03. The molecule has 19 heavy (non-hydrogen) atoms. The largest absolute Gasteiger partial charge is 0.305 e. The van der Waals surface area contributed by atoms with Crippen LogP contribution in [0.3, 0.4) is 0 Å². The Morgan fingerprint density at radius 1 is 1.21 bits per heavy atom. The lowest BCUT2D eigenvalue weighted by Crippen LogP contribution is -2.43. The zero-order valence-electron chi connectivity index (χ0n) is 12.8. The van der Waals surface area contributed by atoms with Gasteiger partial charge in [0.15, 0.2) is 0 Å². The van der Waals surface area contributed by atoms with E-state index in [0.717, 1.165) is 10.9 Å². The molecule has 0 amide bonds. The van der Waals surface area contributed by atoms with Crippen LogP contribution in [0.5, 0.6) is 0 Å². The minimum Gasteiger partial charge on any atom is -0.305 e. The maximum Gasteiger partial charge on any atom is 0.129 e. The van der Waals surface area contributed by atoms with E-state index >= 15 is 0 Å². The molecule has 0 spiro atoms. The second-order valence-electron chi connectivity index (χ2n) is 7.15. The molecular weight excluding hydrogens is 305 g/mol. The van der Waals surface area contributed by atoms with Crippen LogP contribution in [-0.4, -0.2) is 5.54 Å². The molecule has 0 fully saturated rings. The molecule has 1 aromatic rings. The van der Waals surface area contributed by atoms with Gasteiger partial charge in [0.25, 0.3) is 0 Å². The Bertz CT molecular complexity index is 435. The van der Waals surface area contributed by atoms with Crippen LogP contribution in [-0.2, 0) is 0 Å². The van der Waals surface area contributed by atoms with Crippen LogP contribution >= 0.6 is 15.9 Å². The van der Waals surface area contributed by atoms with E-state index in [4.69, 9.17) is 0 Å². The SMILES string of the molecule is CC(NC(C)(C)CC(C)(C)C)c1ccc(Br)cc1F. The highest BCUT2D eigenvalue weighted by molar-refractivity contribution is 9.10. The van der Waals surface area contributed by atoms with Gasteiger partial charge in [0, 0.05) is 21.6 Å². The number of benzene rings is 1. The number of hydrogen-bond donors (Lipinski definition) is 1. The Hall–Kier alpha value is -0.410. The maximum absolute atomic E-state index is 13.9. The highest BCUT2D eigenvalue weighted by atomic mass is 79.9. The van der Waals surface area contributed by atoms with Crippen molar-refractivity contribution < 1.29 is 4.39 Å². The Morgan fingerprint density at radius 2 is 1.79 bits per heavy atom. The standard InChI is InChI=1S/C16H25BrFN/c1-11(13-8-7-12(17)9-14(13)18)19-16(5,6)10-15(2,3)4/h7-9,11,19H,10H2,1-6H3. The maximum atomic E-state index is 13.9. The summed E-state index contributed by atoms with van der Waals surface area (Å²) in [5.41, 5.74) is 0.927. The highest BCUT2D eigenvalue weighted by Gasteiger charge is 2.27. The summed E-state index contributed by atoms with van der Waals surface area (Å²) in [5.74, 6) is -0.166. The minimum absolute atomic E-state index is 0.00884. The van der Waals surface area contributed by atoms with E-state index in [1.165, 1.54) is 6.07 Å². The fourth-order valence-electron chi connectivity index (χ4n) is 2.89. The van der Waals surface area contributed by atoms with Gasteiger partial charge in [0.1, 0.15) is 5.82 Å². The molecule has 1 aromatic carbocycles. The normalized spacial score (nSPS) is 14.5. The monoisotopic (exact) mass is 329 g/mol. The van der Waals surface area contributed by atoms with Crippen LogP contribution in [0.25, 0.3) is 0 Å². The predicted molar refractivity (Wildman–Crippen MR) is 83.8 cm³/mol. The number of halogens is 2. The minimum atomic E-state index is -0.166. The van der Waals surface area contributed by atoms with E-state index in [1.807, 2.05) is 19.1 Å². The molecule has 1 nitrogen and oxygen atoms in total. The molecule has 108 valence electrons. The Kier molecular flexibility index (Phi) is 5.19. The van der Waals surface area contributed by atoms with Crippen molar-refractivity contribution in [3.05, 3.63) is 34.1 Å². The molecule has 0 saturated heterocycles. The molecule has 1 N–H and O–H groups in total. The average molecular weight is 330 g/mol. The van der Waals surface area contributed by atoms with Crippen molar-refractivity contribution in [2.75, 3.05) is 0 Å². The molecule has 3 heteroatoms. The van der Waals surface area contributed by atoms with Crippen LogP contribution in [0.15, 0.2) is 22.7 Å². The van der Waals surface area contributed by atoms with Crippen LogP contribution in [0.4, 0.5) is 4.39 Å². The topological polar surface area (TPSA) is 12.0 Å². The molecule has 0 aromatic heterocycles. The summed E-state index contributed by atoms with van der Waals surface area (Å²) >= 11 is 3.29. The first kappa shape index (κ1) is 16.6. The first-order chi connectivity index (χ1) is 8.50. The van der Waals surface area contributed by atoms with Gasteiger partial charge in [0.2, 0.25) is 0 Å². The Balaban J connectivity index is 2.81. The molecule has 0 saturated carbocycles. The third kappa shape index (κ3) is 5.62. The zero-order chi connectivity index (χ0) is 14.8. The molecule has 0 aliphatic rings. The number of rotatable bonds is 4. The fraction of sp³-hybridized carbons (Fsp3) is 0.625. The van der Waals surface area contributed by atoms with E-state index in [9.17, 15) is 4.39 Å². The average Bonchev–Trinajstić information content (AvgIpc) is 2.11. The number of nitrogens with one attached hydrogen (secondary N) is 1. The quantitative estimate of drug-likeness (QED) is 0.774. The predicted octanol–water partition coefficient (Wildman–Crippen LogP) is 5.45. The van der Waals surface area contributed by atoms with Crippen molar-refractivity contribution in [2.24, 2.45) is 5.41 Å². The molecule has 0 aliphatic heterocycles. The zero-order valence-corrected chi connectivity index (χ0v) is 14.4. The molecule has 0 radical (unpaired) electrons. The van der Waals surface area contributed by atoms with E-state index in [2.05, 4.69) is 55.9 Å². The van der Waals surface area contributed by atoms with Gasteiger partial charge in [-0.2, -0.15) is 0 Å². The van der Waals surface area contributed by atoms with Crippen LogP contribution < -0.4 is 5.32 Å². The summed E-state index contributed by atoms with van der Waals surface area (Å²) in [4.78, 5) is 0. The van der Waals surface area contributed by atoms with Crippen molar-refractivity contribution in [3.8, 4) is 0 Å². The van der Waals surface area contributed by atoms with Crippen molar-refractivity contribution >= 4 is 15.9 Å². The fourth-order valence-corrected chi connectivity index (χ4v) is 3.23. The highest BCUT2D eigenvalue weighted by Crippen LogP contribution is 2.30. The second-order valence-corrected chi connectivity index (χ2v) is 8.07.